The molecule has 0 atom stereocenters. The molecule has 0 aliphatic rings. The molecule has 1 aromatic heterocycles. The maximum atomic E-state index is 5.41. The minimum Gasteiger partial charge on any atom is -0.382 e. The largest absolute Gasteiger partial charge is 0.382 e. The summed E-state index contributed by atoms with van der Waals surface area (Å²) in [5.41, 5.74) is 5.41. The number of nitrogen functional groups attached to an aromatic ring is 1. The number of hydrogen-bond donors (Lipinski definition) is 2. The Morgan fingerprint density at radius 1 is 1.36 bits per heavy atom. The van der Waals surface area contributed by atoms with Gasteiger partial charge in [0.25, 0.3) is 0 Å². The number of nitrogens with zero attached hydrogens (tertiary/aromatic N) is 3. The van der Waals surface area contributed by atoms with Crippen molar-refractivity contribution in [3.63, 3.8) is 0 Å². The summed E-state index contributed by atoms with van der Waals surface area (Å²) >= 11 is 0. The van der Waals surface area contributed by atoms with Gasteiger partial charge in [0.2, 0.25) is 0 Å². The molecule has 78 valence electrons. The van der Waals surface area contributed by atoms with Gasteiger partial charge in [-0.2, -0.15) is 0 Å². The van der Waals surface area contributed by atoms with Crippen LogP contribution in [0.1, 0.15) is 6.42 Å². The first-order valence-electron chi connectivity index (χ1n) is 4.66. The van der Waals surface area contributed by atoms with Gasteiger partial charge in [-0.1, -0.05) is 0 Å². The molecule has 0 unspecified atom stereocenters. The smallest absolute Gasteiger partial charge is 0.148 e. The van der Waals surface area contributed by atoms with Gasteiger partial charge in [-0.15, -0.1) is 10.2 Å². The first-order chi connectivity index (χ1) is 6.68. The summed E-state index contributed by atoms with van der Waals surface area (Å²) in [6, 6.07) is 3.57. The SMILES string of the molecule is CN(C)CCCNc1ccc(N)nn1. The van der Waals surface area contributed by atoms with Crippen LogP contribution in [0, 0.1) is 0 Å². The third-order valence-corrected chi connectivity index (χ3v) is 1.77. The molecule has 0 bridgehead atoms. The minimum absolute atomic E-state index is 0.448. The highest BCUT2D eigenvalue weighted by Crippen LogP contribution is 2.02. The van der Waals surface area contributed by atoms with E-state index >= 15 is 0 Å². The average Bonchev–Trinajstić information content (AvgIpc) is 2.15. The Labute approximate surface area is 84.3 Å². The van der Waals surface area contributed by atoms with Gasteiger partial charge in [-0.25, -0.2) is 0 Å². The molecule has 3 N–H and O–H groups in total. The number of aromatic nitrogens is 2. The van der Waals surface area contributed by atoms with Gasteiger partial charge in [0.1, 0.15) is 11.6 Å². The average molecular weight is 195 g/mol. The van der Waals surface area contributed by atoms with Crippen LogP contribution in [0.25, 0.3) is 0 Å². The second-order valence-electron chi connectivity index (χ2n) is 3.43. The van der Waals surface area contributed by atoms with E-state index in [1.165, 1.54) is 0 Å². The van der Waals surface area contributed by atoms with Crippen LogP contribution < -0.4 is 11.1 Å². The molecule has 0 fully saturated rings. The van der Waals surface area contributed by atoms with Crippen LogP contribution >= 0.6 is 0 Å². The standard InChI is InChI=1S/C9H17N5/c1-14(2)7-3-6-11-9-5-4-8(10)12-13-9/h4-5H,3,6-7H2,1-2H3,(H2,10,12)(H,11,13). The van der Waals surface area contributed by atoms with Gasteiger partial charge in [0.15, 0.2) is 0 Å². The lowest BCUT2D eigenvalue weighted by Gasteiger charge is -2.09. The first kappa shape index (κ1) is 10.7. The molecular formula is C9H17N5. The van der Waals surface area contributed by atoms with Crippen molar-refractivity contribution in [3.05, 3.63) is 12.1 Å². The normalized spacial score (nSPS) is 10.5. The summed E-state index contributed by atoms with van der Waals surface area (Å²) < 4.78 is 0. The maximum Gasteiger partial charge on any atom is 0.148 e. The van der Waals surface area contributed by atoms with E-state index in [2.05, 4.69) is 34.5 Å². The lowest BCUT2D eigenvalue weighted by molar-refractivity contribution is 0.405. The highest BCUT2D eigenvalue weighted by molar-refractivity contribution is 5.38. The van der Waals surface area contributed by atoms with Crippen molar-refractivity contribution in [1.29, 1.82) is 0 Å². The summed E-state index contributed by atoms with van der Waals surface area (Å²) in [6.07, 6.45) is 1.08. The molecule has 0 saturated carbocycles. The Bertz CT molecular complexity index is 256. The lowest BCUT2D eigenvalue weighted by Crippen LogP contribution is -2.16. The van der Waals surface area contributed by atoms with Crippen LogP contribution in [0.4, 0.5) is 11.6 Å². The highest BCUT2D eigenvalue weighted by Gasteiger charge is 1.94. The van der Waals surface area contributed by atoms with E-state index in [-0.39, 0.29) is 0 Å². The quantitative estimate of drug-likeness (QED) is 0.667. The van der Waals surface area contributed by atoms with Gasteiger partial charge < -0.3 is 16.0 Å². The molecule has 0 aromatic carbocycles. The van der Waals surface area contributed by atoms with E-state index in [0.717, 1.165) is 25.3 Å². The summed E-state index contributed by atoms with van der Waals surface area (Å²) in [4.78, 5) is 2.15. The minimum atomic E-state index is 0.448. The fourth-order valence-electron chi connectivity index (χ4n) is 1.05. The molecule has 5 heteroatoms. The van der Waals surface area contributed by atoms with Crippen molar-refractivity contribution < 1.29 is 0 Å². The Balaban J connectivity index is 2.21. The van der Waals surface area contributed by atoms with E-state index in [1.807, 2.05) is 6.07 Å². The van der Waals surface area contributed by atoms with Crippen molar-refractivity contribution in [2.24, 2.45) is 0 Å². The zero-order chi connectivity index (χ0) is 10.4. The second-order valence-corrected chi connectivity index (χ2v) is 3.43. The van der Waals surface area contributed by atoms with Gasteiger partial charge in [-0.05, 0) is 39.2 Å². The molecule has 0 radical (unpaired) electrons. The molecule has 0 aliphatic heterocycles. The fourth-order valence-corrected chi connectivity index (χ4v) is 1.05. The summed E-state index contributed by atoms with van der Waals surface area (Å²) in [7, 11) is 4.12. The topological polar surface area (TPSA) is 67.1 Å². The third kappa shape index (κ3) is 4.04. The van der Waals surface area contributed by atoms with Crippen molar-refractivity contribution in [2.75, 3.05) is 38.2 Å². The monoisotopic (exact) mass is 195 g/mol. The molecule has 5 nitrogen and oxygen atoms in total. The molecule has 0 saturated heterocycles. The lowest BCUT2D eigenvalue weighted by atomic mass is 10.4. The van der Waals surface area contributed by atoms with Gasteiger partial charge in [0, 0.05) is 6.54 Å². The van der Waals surface area contributed by atoms with Crippen LogP contribution in [0.2, 0.25) is 0 Å². The molecule has 0 aliphatic carbocycles. The van der Waals surface area contributed by atoms with Crippen molar-refractivity contribution in [3.8, 4) is 0 Å². The van der Waals surface area contributed by atoms with Crippen LogP contribution in [0.3, 0.4) is 0 Å². The van der Waals surface area contributed by atoms with E-state index < -0.39 is 0 Å². The number of rotatable bonds is 5. The van der Waals surface area contributed by atoms with Gasteiger partial charge in [0.05, 0.1) is 0 Å². The summed E-state index contributed by atoms with van der Waals surface area (Å²) in [5, 5.41) is 10.8. The van der Waals surface area contributed by atoms with E-state index in [4.69, 9.17) is 5.73 Å². The second kappa shape index (κ2) is 5.39. The number of nitrogens with one attached hydrogen (secondary N) is 1. The van der Waals surface area contributed by atoms with Crippen molar-refractivity contribution >= 4 is 11.6 Å². The molecule has 0 amide bonds. The van der Waals surface area contributed by atoms with Gasteiger partial charge in [-0.3, -0.25) is 0 Å². The fraction of sp³-hybridized carbons (Fsp3) is 0.556. The Morgan fingerprint density at radius 2 is 2.14 bits per heavy atom. The molecule has 1 rings (SSSR count). The van der Waals surface area contributed by atoms with Crippen molar-refractivity contribution in [2.45, 2.75) is 6.42 Å². The number of anilines is 2. The molecule has 0 spiro atoms. The molecule has 1 heterocycles. The Morgan fingerprint density at radius 3 is 2.71 bits per heavy atom. The van der Waals surface area contributed by atoms with Gasteiger partial charge >= 0.3 is 0 Å². The highest BCUT2D eigenvalue weighted by atomic mass is 15.2. The number of hydrogen-bond acceptors (Lipinski definition) is 5. The Kier molecular flexibility index (Phi) is 4.12. The third-order valence-electron chi connectivity index (χ3n) is 1.77. The van der Waals surface area contributed by atoms with E-state index in [1.54, 1.807) is 6.07 Å². The molecule has 14 heavy (non-hydrogen) atoms. The van der Waals surface area contributed by atoms with Crippen LogP contribution in [0.5, 0.6) is 0 Å². The predicted octanol–water partition coefficient (Wildman–Crippen LogP) is 0.422. The van der Waals surface area contributed by atoms with Crippen LogP contribution in [-0.4, -0.2) is 42.3 Å². The maximum absolute atomic E-state index is 5.41. The zero-order valence-corrected chi connectivity index (χ0v) is 8.70. The van der Waals surface area contributed by atoms with Crippen LogP contribution in [0.15, 0.2) is 12.1 Å². The van der Waals surface area contributed by atoms with Crippen LogP contribution in [-0.2, 0) is 0 Å². The summed E-state index contributed by atoms with van der Waals surface area (Å²) in [6.45, 7) is 1.96. The zero-order valence-electron chi connectivity index (χ0n) is 8.70. The van der Waals surface area contributed by atoms with Crippen molar-refractivity contribution in [1.82, 2.24) is 15.1 Å². The number of nitrogens with two attached hydrogens (primary N) is 1. The molecular weight excluding hydrogens is 178 g/mol. The van der Waals surface area contributed by atoms with E-state index in [0.29, 0.717) is 5.82 Å². The molecule has 1 aromatic rings. The Hall–Kier alpha value is -1.36. The van der Waals surface area contributed by atoms with E-state index in [9.17, 15) is 0 Å². The first-order valence-corrected chi connectivity index (χ1v) is 4.66. The predicted molar refractivity (Wildman–Crippen MR) is 58.1 cm³/mol. The summed E-state index contributed by atoms with van der Waals surface area (Å²) in [5.74, 6) is 1.22.